The minimum atomic E-state index is -3.82. The van der Waals surface area contributed by atoms with Gasteiger partial charge < -0.3 is 9.32 Å². The molecule has 9 heteroatoms. The van der Waals surface area contributed by atoms with Crippen molar-refractivity contribution >= 4 is 27.5 Å². The lowest BCUT2D eigenvalue weighted by Crippen LogP contribution is -2.32. The van der Waals surface area contributed by atoms with Gasteiger partial charge in [0.2, 0.25) is 10.0 Å². The van der Waals surface area contributed by atoms with Crippen LogP contribution in [0.15, 0.2) is 70.4 Å². The summed E-state index contributed by atoms with van der Waals surface area (Å²) < 4.78 is 32.7. The van der Waals surface area contributed by atoms with E-state index in [2.05, 4.69) is 4.98 Å². The Labute approximate surface area is 187 Å². The fraction of sp³-hybridized carbons (Fsp3) is 0.273. The molecule has 0 spiro atoms. The highest BCUT2D eigenvalue weighted by Gasteiger charge is 2.27. The van der Waals surface area contributed by atoms with Gasteiger partial charge in [-0.15, -0.1) is 0 Å². The topological polar surface area (TPSA) is 83.7 Å². The maximum Gasteiger partial charge on any atom is 0.254 e. The number of halogens is 1. The summed E-state index contributed by atoms with van der Waals surface area (Å²) in [4.78, 5) is 19.0. The van der Waals surface area contributed by atoms with E-state index in [1.807, 2.05) is 6.07 Å². The van der Waals surface area contributed by atoms with Crippen LogP contribution in [0.2, 0.25) is 5.02 Å². The first-order valence-corrected chi connectivity index (χ1v) is 11.7. The fourth-order valence-corrected chi connectivity index (χ4v) is 5.18. The minimum Gasteiger partial charge on any atom is -0.467 e. The van der Waals surface area contributed by atoms with Crippen LogP contribution in [-0.4, -0.2) is 41.6 Å². The number of nitrogens with zero attached hydrogens (tertiary/aromatic N) is 3. The molecule has 2 aromatic heterocycles. The Morgan fingerprint density at radius 1 is 1.10 bits per heavy atom. The van der Waals surface area contributed by atoms with E-state index in [-0.39, 0.29) is 34.5 Å². The van der Waals surface area contributed by atoms with Gasteiger partial charge in [-0.3, -0.25) is 9.78 Å². The zero-order chi connectivity index (χ0) is 22.4. The molecule has 0 bridgehead atoms. The van der Waals surface area contributed by atoms with E-state index in [1.54, 1.807) is 55.6 Å². The number of hydrogen-bond acceptors (Lipinski definition) is 5. The van der Waals surface area contributed by atoms with E-state index < -0.39 is 10.0 Å². The second-order valence-electron chi connectivity index (χ2n) is 6.84. The van der Waals surface area contributed by atoms with Crippen LogP contribution < -0.4 is 0 Å². The summed E-state index contributed by atoms with van der Waals surface area (Å²) in [6.07, 6.45) is 4.88. The van der Waals surface area contributed by atoms with E-state index in [4.69, 9.17) is 16.0 Å². The third-order valence-electron chi connectivity index (χ3n) is 4.81. The first-order chi connectivity index (χ1) is 14.9. The van der Waals surface area contributed by atoms with Gasteiger partial charge >= 0.3 is 0 Å². The number of pyridine rings is 1. The van der Waals surface area contributed by atoms with Crippen molar-refractivity contribution in [1.29, 1.82) is 0 Å². The minimum absolute atomic E-state index is 0.0771. The Morgan fingerprint density at radius 2 is 1.87 bits per heavy atom. The maximum atomic E-state index is 13.4. The van der Waals surface area contributed by atoms with Gasteiger partial charge in [0.15, 0.2) is 0 Å². The van der Waals surface area contributed by atoms with Crippen molar-refractivity contribution in [3.63, 3.8) is 0 Å². The van der Waals surface area contributed by atoms with Gasteiger partial charge in [-0.05, 0) is 42.0 Å². The van der Waals surface area contributed by atoms with Crippen molar-refractivity contribution in [1.82, 2.24) is 14.2 Å². The molecular formula is C22H24ClN3O4S. The molecule has 0 aliphatic rings. The van der Waals surface area contributed by atoms with E-state index in [9.17, 15) is 13.2 Å². The molecule has 0 unspecified atom stereocenters. The summed E-state index contributed by atoms with van der Waals surface area (Å²) in [5, 5.41) is 0.0771. The summed E-state index contributed by atoms with van der Waals surface area (Å²) in [5.41, 5.74) is 1.07. The zero-order valence-corrected chi connectivity index (χ0v) is 18.9. The number of rotatable bonds is 9. The number of benzene rings is 1. The average Bonchev–Trinajstić information content (AvgIpc) is 3.27. The Hall–Kier alpha value is -2.68. The molecule has 1 aromatic carbocycles. The van der Waals surface area contributed by atoms with Crippen molar-refractivity contribution in [2.24, 2.45) is 0 Å². The van der Waals surface area contributed by atoms with E-state index in [0.717, 1.165) is 5.56 Å². The molecular weight excluding hydrogens is 438 g/mol. The summed E-state index contributed by atoms with van der Waals surface area (Å²) >= 11 is 6.21. The largest absolute Gasteiger partial charge is 0.467 e. The van der Waals surface area contributed by atoms with Crippen LogP contribution in [0.25, 0.3) is 0 Å². The van der Waals surface area contributed by atoms with Crippen LogP contribution in [0.3, 0.4) is 0 Å². The maximum absolute atomic E-state index is 13.4. The van der Waals surface area contributed by atoms with Crippen LogP contribution in [0.4, 0.5) is 0 Å². The van der Waals surface area contributed by atoms with Gasteiger partial charge in [-0.25, -0.2) is 8.42 Å². The number of amides is 1. The first kappa shape index (κ1) is 23.0. The molecule has 7 nitrogen and oxygen atoms in total. The van der Waals surface area contributed by atoms with Gasteiger partial charge in [-0.2, -0.15) is 4.31 Å². The van der Waals surface area contributed by atoms with Crippen LogP contribution in [0.5, 0.6) is 0 Å². The lowest BCUT2D eigenvalue weighted by Gasteiger charge is -2.23. The van der Waals surface area contributed by atoms with Gasteiger partial charge in [0.25, 0.3) is 5.91 Å². The molecule has 0 N–H and O–H groups in total. The predicted molar refractivity (Wildman–Crippen MR) is 118 cm³/mol. The van der Waals surface area contributed by atoms with Crippen molar-refractivity contribution in [3.05, 3.63) is 83.0 Å². The van der Waals surface area contributed by atoms with E-state index in [1.165, 1.54) is 22.5 Å². The Balaban J connectivity index is 1.97. The third kappa shape index (κ3) is 5.33. The molecule has 0 aliphatic heterocycles. The zero-order valence-electron chi connectivity index (χ0n) is 17.4. The number of hydrogen-bond donors (Lipinski definition) is 0. The lowest BCUT2D eigenvalue weighted by atomic mass is 10.1. The lowest BCUT2D eigenvalue weighted by molar-refractivity contribution is 0.0717. The second kappa shape index (κ2) is 10.1. The molecule has 0 radical (unpaired) electrons. The number of furan rings is 1. The van der Waals surface area contributed by atoms with Gasteiger partial charge in [0, 0.05) is 37.6 Å². The molecule has 0 fully saturated rings. The molecule has 1 amide bonds. The van der Waals surface area contributed by atoms with Crippen LogP contribution in [0.1, 0.15) is 35.5 Å². The van der Waals surface area contributed by atoms with Crippen molar-refractivity contribution in [3.8, 4) is 0 Å². The van der Waals surface area contributed by atoms with Crippen molar-refractivity contribution < 1.29 is 17.6 Å². The second-order valence-corrected chi connectivity index (χ2v) is 9.15. The standard InChI is InChI=1S/C22H24ClN3O4S/c1-3-26(4-2)31(28,29)21-13-18(9-10-20(21)23)22(27)25(16-19-8-6-12-30-19)15-17-7-5-11-24-14-17/h5-14H,3-4,15-16H2,1-2H3. The van der Waals surface area contributed by atoms with Crippen LogP contribution in [0, 0.1) is 0 Å². The fourth-order valence-electron chi connectivity index (χ4n) is 3.22. The number of carbonyl (C=O) groups excluding carboxylic acids is 1. The van der Waals surface area contributed by atoms with Crippen LogP contribution in [-0.2, 0) is 23.1 Å². The Kier molecular flexibility index (Phi) is 7.48. The highest BCUT2D eigenvalue weighted by molar-refractivity contribution is 7.89. The number of sulfonamides is 1. The summed E-state index contributed by atoms with van der Waals surface area (Å²) in [6, 6.07) is 11.5. The van der Waals surface area contributed by atoms with Gasteiger partial charge in [0.05, 0.1) is 17.8 Å². The highest BCUT2D eigenvalue weighted by Crippen LogP contribution is 2.27. The molecule has 31 heavy (non-hydrogen) atoms. The smallest absolute Gasteiger partial charge is 0.254 e. The SMILES string of the molecule is CCN(CC)S(=O)(=O)c1cc(C(=O)N(Cc2cccnc2)Cc2ccco2)ccc1Cl. The molecule has 164 valence electrons. The molecule has 0 saturated heterocycles. The van der Waals surface area contributed by atoms with E-state index in [0.29, 0.717) is 18.8 Å². The molecule has 2 heterocycles. The van der Waals surface area contributed by atoms with Crippen LogP contribution >= 0.6 is 11.6 Å². The average molecular weight is 462 g/mol. The molecule has 3 aromatic rings. The van der Waals surface area contributed by atoms with E-state index >= 15 is 0 Å². The predicted octanol–water partition coefficient (Wildman–Crippen LogP) is 4.20. The third-order valence-corrected chi connectivity index (χ3v) is 7.34. The highest BCUT2D eigenvalue weighted by atomic mass is 35.5. The quantitative estimate of drug-likeness (QED) is 0.476. The van der Waals surface area contributed by atoms with Gasteiger partial charge in [-0.1, -0.05) is 31.5 Å². The summed E-state index contributed by atoms with van der Waals surface area (Å²) in [7, 11) is -3.82. The molecule has 0 aliphatic carbocycles. The summed E-state index contributed by atoms with van der Waals surface area (Å²) in [5.74, 6) is 0.273. The van der Waals surface area contributed by atoms with Crippen molar-refractivity contribution in [2.75, 3.05) is 13.1 Å². The molecule has 3 rings (SSSR count). The number of carbonyl (C=O) groups is 1. The van der Waals surface area contributed by atoms with Gasteiger partial charge in [0.1, 0.15) is 10.7 Å². The first-order valence-electron chi connectivity index (χ1n) is 9.87. The monoisotopic (exact) mass is 461 g/mol. The Bertz CT molecular complexity index is 1110. The Morgan fingerprint density at radius 3 is 2.48 bits per heavy atom. The van der Waals surface area contributed by atoms with Crippen molar-refractivity contribution in [2.45, 2.75) is 31.8 Å². The summed E-state index contributed by atoms with van der Waals surface area (Å²) in [6.45, 7) is 4.62. The normalized spacial score (nSPS) is 11.6. The molecule has 0 saturated carbocycles. The molecule has 0 atom stereocenters. The number of aromatic nitrogens is 1.